The Morgan fingerprint density at radius 1 is 1.25 bits per heavy atom. The topological polar surface area (TPSA) is 50.4 Å². The highest BCUT2D eigenvalue weighted by Crippen LogP contribution is 2.38. The molecule has 1 heterocycles. The monoisotopic (exact) mass is 274 g/mol. The predicted octanol–water partition coefficient (Wildman–Crippen LogP) is 1.70. The third-order valence-electron chi connectivity index (χ3n) is 4.23. The van der Waals surface area contributed by atoms with Crippen LogP contribution in [0, 0.1) is 5.92 Å². The number of hydrogen-bond acceptors (Lipinski definition) is 3. The number of hydrogen-bond donors (Lipinski definition) is 2. The summed E-state index contributed by atoms with van der Waals surface area (Å²) in [7, 11) is 1.65. The van der Waals surface area contributed by atoms with Gasteiger partial charge in [-0.15, -0.1) is 0 Å². The molecule has 4 nitrogen and oxygen atoms in total. The van der Waals surface area contributed by atoms with Gasteiger partial charge in [0.25, 0.3) is 5.91 Å². The van der Waals surface area contributed by atoms with Crippen LogP contribution in [0.15, 0.2) is 24.3 Å². The predicted molar refractivity (Wildman–Crippen MR) is 77.5 cm³/mol. The number of nitrogens with one attached hydrogen (secondary N) is 2. The maximum Gasteiger partial charge on any atom is 0.251 e. The number of carbonyl (C=O) groups excluding carboxylic acids is 1. The number of ether oxygens (including phenoxy) is 1. The summed E-state index contributed by atoms with van der Waals surface area (Å²) in [5.74, 6) is 0.744. The Labute approximate surface area is 119 Å². The molecule has 0 radical (unpaired) electrons. The molecule has 0 aromatic heterocycles. The van der Waals surface area contributed by atoms with E-state index >= 15 is 0 Å². The number of amides is 1. The van der Waals surface area contributed by atoms with Crippen LogP contribution in [0.5, 0.6) is 0 Å². The molecule has 2 atom stereocenters. The minimum atomic E-state index is -0.0394. The van der Waals surface area contributed by atoms with Gasteiger partial charge in [-0.3, -0.25) is 4.79 Å². The lowest BCUT2D eigenvalue weighted by Gasteiger charge is -2.19. The zero-order chi connectivity index (χ0) is 13.9. The van der Waals surface area contributed by atoms with Gasteiger partial charge in [0, 0.05) is 31.8 Å². The van der Waals surface area contributed by atoms with Crippen LogP contribution in [0.1, 0.15) is 35.2 Å². The van der Waals surface area contributed by atoms with Crippen LogP contribution in [0.3, 0.4) is 0 Å². The highest BCUT2D eigenvalue weighted by molar-refractivity contribution is 5.93. The summed E-state index contributed by atoms with van der Waals surface area (Å²) in [5, 5.41) is 6.24. The van der Waals surface area contributed by atoms with Crippen LogP contribution >= 0.6 is 0 Å². The fraction of sp³-hybridized carbons (Fsp3) is 0.562. The van der Waals surface area contributed by atoms with Gasteiger partial charge in [0.15, 0.2) is 0 Å². The Kier molecular flexibility index (Phi) is 4.03. The largest absolute Gasteiger partial charge is 0.376 e. The molecule has 3 rings (SSSR count). The van der Waals surface area contributed by atoms with Crippen molar-refractivity contribution in [2.24, 2.45) is 5.92 Å². The Bertz CT molecular complexity index is 468. The van der Waals surface area contributed by atoms with Crippen molar-refractivity contribution < 1.29 is 9.53 Å². The highest BCUT2D eigenvalue weighted by Gasteiger charge is 2.40. The first-order chi connectivity index (χ1) is 9.78. The molecule has 2 aliphatic rings. The molecular weight excluding hydrogens is 252 g/mol. The second-order valence-corrected chi connectivity index (χ2v) is 5.72. The quantitative estimate of drug-likeness (QED) is 0.859. The molecule has 0 bridgehead atoms. The zero-order valence-corrected chi connectivity index (χ0v) is 11.9. The van der Waals surface area contributed by atoms with Gasteiger partial charge in [-0.1, -0.05) is 12.1 Å². The summed E-state index contributed by atoms with van der Waals surface area (Å²) in [6.45, 7) is 1.72. The number of benzene rings is 1. The Balaban J connectivity index is 1.54. The zero-order valence-electron chi connectivity index (χ0n) is 11.9. The summed E-state index contributed by atoms with van der Waals surface area (Å²) >= 11 is 0. The summed E-state index contributed by atoms with van der Waals surface area (Å²) in [6.07, 6.45) is 4.17. The maximum atomic E-state index is 11.5. The lowest BCUT2D eigenvalue weighted by Crippen LogP contribution is -2.37. The van der Waals surface area contributed by atoms with Gasteiger partial charge in [0.05, 0.1) is 6.10 Å². The molecule has 2 unspecified atom stereocenters. The minimum absolute atomic E-state index is 0.0394. The smallest absolute Gasteiger partial charge is 0.251 e. The highest BCUT2D eigenvalue weighted by atomic mass is 16.5. The van der Waals surface area contributed by atoms with E-state index in [1.54, 1.807) is 7.05 Å². The fourth-order valence-electron chi connectivity index (χ4n) is 2.89. The fourth-order valence-corrected chi connectivity index (χ4v) is 2.89. The van der Waals surface area contributed by atoms with Crippen molar-refractivity contribution in [1.82, 2.24) is 10.6 Å². The molecule has 1 aliphatic heterocycles. The minimum Gasteiger partial charge on any atom is -0.376 e. The van der Waals surface area contributed by atoms with Gasteiger partial charge in [0.2, 0.25) is 0 Å². The third-order valence-corrected chi connectivity index (χ3v) is 4.23. The van der Waals surface area contributed by atoms with E-state index in [9.17, 15) is 4.79 Å². The molecule has 108 valence electrons. The van der Waals surface area contributed by atoms with E-state index in [4.69, 9.17) is 4.74 Å². The summed E-state index contributed by atoms with van der Waals surface area (Å²) in [6, 6.07) is 8.26. The summed E-state index contributed by atoms with van der Waals surface area (Å²) in [5.41, 5.74) is 1.91. The molecule has 1 aromatic carbocycles. The van der Waals surface area contributed by atoms with Crippen molar-refractivity contribution >= 4 is 5.91 Å². The second kappa shape index (κ2) is 5.94. The number of rotatable bonds is 5. The van der Waals surface area contributed by atoms with Crippen LogP contribution in [0.2, 0.25) is 0 Å². The van der Waals surface area contributed by atoms with Gasteiger partial charge in [-0.05, 0) is 42.9 Å². The summed E-state index contributed by atoms with van der Waals surface area (Å²) < 4.78 is 5.83. The molecule has 0 spiro atoms. The van der Waals surface area contributed by atoms with Gasteiger partial charge < -0.3 is 15.4 Å². The lowest BCUT2D eigenvalue weighted by molar-refractivity contribution is 0.0809. The second-order valence-electron chi connectivity index (χ2n) is 5.72. The molecule has 1 amide bonds. The van der Waals surface area contributed by atoms with Gasteiger partial charge in [-0.2, -0.15) is 0 Å². The molecule has 1 saturated heterocycles. The van der Waals surface area contributed by atoms with Crippen molar-refractivity contribution in [3.05, 3.63) is 35.4 Å². The molecular formula is C16H22N2O2. The van der Waals surface area contributed by atoms with Crippen molar-refractivity contribution in [3.8, 4) is 0 Å². The summed E-state index contributed by atoms with van der Waals surface area (Å²) in [4.78, 5) is 11.5. The van der Waals surface area contributed by atoms with Crippen LogP contribution in [-0.2, 0) is 11.3 Å². The van der Waals surface area contributed by atoms with E-state index in [0.717, 1.165) is 25.5 Å². The van der Waals surface area contributed by atoms with Crippen molar-refractivity contribution in [1.29, 1.82) is 0 Å². The SMILES string of the molecule is CNC(=O)c1ccc(CNC2CCOC2C2CC2)cc1. The molecule has 2 fully saturated rings. The van der Waals surface area contributed by atoms with Crippen LogP contribution in [-0.4, -0.2) is 31.7 Å². The average molecular weight is 274 g/mol. The van der Waals surface area contributed by atoms with E-state index in [0.29, 0.717) is 17.7 Å². The van der Waals surface area contributed by atoms with Crippen LogP contribution < -0.4 is 10.6 Å². The van der Waals surface area contributed by atoms with E-state index in [1.807, 2.05) is 24.3 Å². The van der Waals surface area contributed by atoms with E-state index < -0.39 is 0 Å². The standard InChI is InChI=1S/C16H22N2O2/c1-17-16(19)13-4-2-11(3-5-13)10-18-14-8-9-20-15(14)12-6-7-12/h2-5,12,14-15,18H,6-10H2,1H3,(H,17,19). The first-order valence-corrected chi connectivity index (χ1v) is 7.44. The average Bonchev–Trinajstić information content (AvgIpc) is 3.23. The van der Waals surface area contributed by atoms with Crippen LogP contribution in [0.25, 0.3) is 0 Å². The Morgan fingerprint density at radius 3 is 2.65 bits per heavy atom. The first kappa shape index (κ1) is 13.6. The van der Waals surface area contributed by atoms with Crippen LogP contribution in [0.4, 0.5) is 0 Å². The lowest BCUT2D eigenvalue weighted by atomic mass is 10.1. The van der Waals surface area contributed by atoms with E-state index in [1.165, 1.54) is 18.4 Å². The van der Waals surface area contributed by atoms with Crippen molar-refractivity contribution in [3.63, 3.8) is 0 Å². The van der Waals surface area contributed by atoms with Gasteiger partial charge >= 0.3 is 0 Å². The molecule has 1 aliphatic carbocycles. The van der Waals surface area contributed by atoms with Gasteiger partial charge in [-0.25, -0.2) is 0 Å². The molecule has 1 saturated carbocycles. The maximum absolute atomic E-state index is 11.5. The van der Waals surface area contributed by atoms with E-state index in [2.05, 4.69) is 10.6 Å². The first-order valence-electron chi connectivity index (χ1n) is 7.44. The Morgan fingerprint density at radius 2 is 2.00 bits per heavy atom. The Hall–Kier alpha value is -1.39. The molecule has 4 heteroatoms. The normalized spacial score (nSPS) is 25.6. The van der Waals surface area contributed by atoms with Crippen molar-refractivity contribution in [2.75, 3.05) is 13.7 Å². The van der Waals surface area contributed by atoms with E-state index in [-0.39, 0.29) is 5.91 Å². The number of carbonyl (C=O) groups is 1. The van der Waals surface area contributed by atoms with Crippen molar-refractivity contribution in [2.45, 2.75) is 38.0 Å². The molecule has 2 N–H and O–H groups in total. The third kappa shape index (κ3) is 3.02. The molecule has 1 aromatic rings. The van der Waals surface area contributed by atoms with Gasteiger partial charge in [0.1, 0.15) is 0 Å². The molecule has 20 heavy (non-hydrogen) atoms.